The van der Waals surface area contributed by atoms with E-state index in [1.165, 1.54) is 6.07 Å². The number of hydrogen-bond acceptors (Lipinski definition) is 6. The van der Waals surface area contributed by atoms with Gasteiger partial charge >= 0.3 is 6.01 Å². The van der Waals surface area contributed by atoms with E-state index in [9.17, 15) is 4.79 Å². The Labute approximate surface area is 216 Å². The Hall–Kier alpha value is -3.82. The molecule has 1 aliphatic heterocycles. The van der Waals surface area contributed by atoms with E-state index in [4.69, 9.17) is 16.3 Å². The molecule has 0 saturated carbocycles. The van der Waals surface area contributed by atoms with E-state index < -0.39 is 5.82 Å². The maximum atomic E-state index is 15.4. The fraction of sp³-hybridized carbons (Fsp3) is 0.259. The molecule has 6 rings (SSSR count). The van der Waals surface area contributed by atoms with Crippen molar-refractivity contribution in [2.45, 2.75) is 32.7 Å². The van der Waals surface area contributed by atoms with Crippen molar-refractivity contribution < 1.29 is 9.13 Å². The number of piperidine rings is 1. The number of ether oxygens (including phenoxy) is 1. The van der Waals surface area contributed by atoms with E-state index in [2.05, 4.69) is 29.8 Å². The van der Waals surface area contributed by atoms with Crippen LogP contribution in [0.15, 0.2) is 47.4 Å². The van der Waals surface area contributed by atoms with Gasteiger partial charge in [0.15, 0.2) is 5.52 Å². The number of pyridine rings is 1. The second-order valence-electron chi connectivity index (χ2n) is 9.26. The van der Waals surface area contributed by atoms with Crippen molar-refractivity contribution in [3.63, 3.8) is 0 Å². The quantitative estimate of drug-likeness (QED) is 0.328. The van der Waals surface area contributed by atoms with Gasteiger partial charge in [0.1, 0.15) is 17.4 Å². The summed E-state index contributed by atoms with van der Waals surface area (Å²) in [7, 11) is 0. The zero-order chi connectivity index (χ0) is 25.7. The van der Waals surface area contributed by atoms with E-state index >= 15 is 4.39 Å². The van der Waals surface area contributed by atoms with Gasteiger partial charge in [0.2, 0.25) is 0 Å². The standard InChI is InChI=1S/C27H24ClFN6O2/c1-14-5-10-31-27(32-14)37-17-3-4-18(21(28)11-17)19-12-20-23(13-22(19)29)34-26(36)24-25(20)35(15(2)33-24)16-6-8-30-9-7-16/h3-5,10-13,16,30H,6-9H2,1-2H3,(H,34,36). The van der Waals surface area contributed by atoms with E-state index in [1.54, 1.807) is 36.5 Å². The molecular formula is C27H24ClFN6O2. The first kappa shape index (κ1) is 23.6. The van der Waals surface area contributed by atoms with Crippen molar-refractivity contribution in [1.29, 1.82) is 0 Å². The summed E-state index contributed by atoms with van der Waals surface area (Å²) in [4.78, 5) is 28.6. The molecule has 0 aliphatic carbocycles. The maximum absolute atomic E-state index is 15.4. The van der Waals surface area contributed by atoms with Crippen LogP contribution in [0, 0.1) is 19.7 Å². The van der Waals surface area contributed by atoms with Crippen LogP contribution in [0.25, 0.3) is 33.1 Å². The van der Waals surface area contributed by atoms with Gasteiger partial charge in [-0.2, -0.15) is 0 Å². The van der Waals surface area contributed by atoms with E-state index in [0.29, 0.717) is 32.9 Å². The lowest BCUT2D eigenvalue weighted by Crippen LogP contribution is -2.29. The number of halogens is 2. The molecule has 0 bridgehead atoms. The first-order valence-corrected chi connectivity index (χ1v) is 12.5. The Bertz CT molecular complexity index is 1720. The van der Waals surface area contributed by atoms with Gasteiger partial charge in [-0.3, -0.25) is 4.79 Å². The molecule has 0 radical (unpaired) electrons. The maximum Gasteiger partial charge on any atom is 0.322 e. The summed E-state index contributed by atoms with van der Waals surface area (Å²) < 4.78 is 23.3. The summed E-state index contributed by atoms with van der Waals surface area (Å²) in [6.07, 6.45) is 3.46. The highest BCUT2D eigenvalue weighted by Crippen LogP contribution is 2.37. The van der Waals surface area contributed by atoms with Crippen LogP contribution < -0.4 is 15.6 Å². The zero-order valence-corrected chi connectivity index (χ0v) is 21.1. The molecule has 2 N–H and O–H groups in total. The van der Waals surface area contributed by atoms with E-state index in [-0.39, 0.29) is 17.6 Å². The number of benzene rings is 2. The molecule has 3 aromatic heterocycles. The van der Waals surface area contributed by atoms with Crippen LogP contribution in [0.4, 0.5) is 4.39 Å². The molecule has 0 amide bonds. The topological polar surface area (TPSA) is 97.7 Å². The third-order valence-corrected chi connectivity index (χ3v) is 7.11. The number of nitrogens with one attached hydrogen (secondary N) is 2. The van der Waals surface area contributed by atoms with Crippen LogP contribution in [0.1, 0.15) is 30.4 Å². The van der Waals surface area contributed by atoms with Gasteiger partial charge in [-0.15, -0.1) is 0 Å². The predicted octanol–water partition coefficient (Wildman–Crippen LogP) is 5.46. The molecule has 1 saturated heterocycles. The average Bonchev–Trinajstić information content (AvgIpc) is 3.23. The van der Waals surface area contributed by atoms with Crippen molar-refractivity contribution in [2.24, 2.45) is 0 Å². The smallest absolute Gasteiger partial charge is 0.322 e. The van der Waals surface area contributed by atoms with Crippen molar-refractivity contribution in [3.8, 4) is 22.9 Å². The highest BCUT2D eigenvalue weighted by molar-refractivity contribution is 6.33. The molecule has 0 spiro atoms. The number of aryl methyl sites for hydroxylation is 2. The summed E-state index contributed by atoms with van der Waals surface area (Å²) in [5.74, 6) is 0.709. The molecule has 4 heterocycles. The van der Waals surface area contributed by atoms with E-state index in [0.717, 1.165) is 48.4 Å². The number of aromatic amines is 1. The van der Waals surface area contributed by atoms with Gasteiger partial charge in [0.25, 0.3) is 5.56 Å². The summed E-state index contributed by atoms with van der Waals surface area (Å²) in [6, 6.07) is 10.3. The van der Waals surface area contributed by atoms with Crippen LogP contribution in [-0.2, 0) is 0 Å². The van der Waals surface area contributed by atoms with Gasteiger partial charge in [-0.1, -0.05) is 11.6 Å². The van der Waals surface area contributed by atoms with Gasteiger partial charge in [-0.25, -0.2) is 19.3 Å². The monoisotopic (exact) mass is 518 g/mol. The highest BCUT2D eigenvalue weighted by atomic mass is 35.5. The Morgan fingerprint density at radius 1 is 1.08 bits per heavy atom. The van der Waals surface area contributed by atoms with Crippen LogP contribution in [-0.4, -0.2) is 37.6 Å². The average molecular weight is 519 g/mol. The second-order valence-corrected chi connectivity index (χ2v) is 9.67. The third-order valence-electron chi connectivity index (χ3n) is 6.80. The number of rotatable bonds is 4. The molecule has 8 nitrogen and oxygen atoms in total. The lowest BCUT2D eigenvalue weighted by Gasteiger charge is -2.26. The predicted molar refractivity (Wildman–Crippen MR) is 141 cm³/mol. The van der Waals surface area contributed by atoms with Crippen molar-refractivity contribution >= 4 is 33.5 Å². The Balaban J connectivity index is 1.49. The zero-order valence-electron chi connectivity index (χ0n) is 20.3. The lowest BCUT2D eigenvalue weighted by molar-refractivity contribution is 0.370. The summed E-state index contributed by atoms with van der Waals surface area (Å²) in [5, 5.41) is 4.40. The number of hydrogen-bond donors (Lipinski definition) is 2. The number of nitrogens with zero attached hydrogens (tertiary/aromatic N) is 4. The minimum Gasteiger partial charge on any atom is -0.424 e. The Kier molecular flexibility index (Phi) is 5.89. The fourth-order valence-electron chi connectivity index (χ4n) is 5.09. The summed E-state index contributed by atoms with van der Waals surface area (Å²) >= 11 is 6.62. The van der Waals surface area contributed by atoms with Crippen molar-refractivity contribution in [1.82, 2.24) is 29.8 Å². The van der Waals surface area contributed by atoms with Crippen LogP contribution in [0.2, 0.25) is 5.02 Å². The molecule has 37 heavy (non-hydrogen) atoms. The first-order valence-electron chi connectivity index (χ1n) is 12.1. The first-order chi connectivity index (χ1) is 17.9. The Morgan fingerprint density at radius 3 is 2.65 bits per heavy atom. The Morgan fingerprint density at radius 2 is 1.89 bits per heavy atom. The van der Waals surface area contributed by atoms with Crippen molar-refractivity contribution in [2.75, 3.05) is 13.1 Å². The summed E-state index contributed by atoms with van der Waals surface area (Å²) in [5.41, 5.74) is 2.76. The molecule has 1 aliphatic rings. The van der Waals surface area contributed by atoms with Crippen LogP contribution in [0.3, 0.4) is 0 Å². The SMILES string of the molecule is Cc1ccnc(Oc2ccc(-c3cc4c(cc3F)[nH]c(=O)c3nc(C)n(C5CCNCC5)c34)c(Cl)c2)n1. The lowest BCUT2D eigenvalue weighted by atomic mass is 10.0. The minimum atomic E-state index is -0.496. The number of aromatic nitrogens is 5. The number of H-pyrrole nitrogens is 1. The van der Waals surface area contributed by atoms with Crippen LogP contribution >= 0.6 is 11.6 Å². The second kappa shape index (κ2) is 9.24. The minimum absolute atomic E-state index is 0.202. The molecule has 188 valence electrons. The molecule has 5 aromatic rings. The van der Waals surface area contributed by atoms with Crippen LogP contribution in [0.5, 0.6) is 11.8 Å². The van der Waals surface area contributed by atoms with Gasteiger partial charge in [-0.05, 0) is 70.1 Å². The molecule has 0 atom stereocenters. The third kappa shape index (κ3) is 4.24. The largest absolute Gasteiger partial charge is 0.424 e. The van der Waals surface area contributed by atoms with Gasteiger partial charge < -0.3 is 19.6 Å². The van der Waals surface area contributed by atoms with Gasteiger partial charge in [0, 0.05) is 40.5 Å². The van der Waals surface area contributed by atoms with Gasteiger partial charge in [0.05, 0.1) is 16.1 Å². The molecule has 1 fully saturated rings. The molecule has 2 aromatic carbocycles. The summed E-state index contributed by atoms with van der Waals surface area (Å²) in [6.45, 7) is 5.53. The molecular weight excluding hydrogens is 495 g/mol. The molecule has 10 heteroatoms. The highest BCUT2D eigenvalue weighted by Gasteiger charge is 2.24. The normalized spacial score (nSPS) is 14.5. The molecule has 0 unspecified atom stereocenters. The number of fused-ring (bicyclic) bond motifs is 3. The fourth-order valence-corrected chi connectivity index (χ4v) is 5.36. The van der Waals surface area contributed by atoms with E-state index in [1.807, 2.05) is 13.8 Å². The number of imidazole rings is 1. The van der Waals surface area contributed by atoms with Crippen molar-refractivity contribution in [3.05, 3.63) is 75.3 Å².